The second-order valence-corrected chi connectivity index (χ2v) is 5.66. The zero-order valence-electron chi connectivity index (χ0n) is 11.3. The topological polar surface area (TPSA) is 3.24 Å². The molecule has 0 unspecified atom stereocenters. The van der Waals surface area contributed by atoms with Gasteiger partial charge in [-0.25, -0.2) is 0 Å². The van der Waals surface area contributed by atoms with E-state index in [9.17, 15) is 13.2 Å². The van der Waals surface area contributed by atoms with Crippen molar-refractivity contribution in [2.75, 3.05) is 25.5 Å². The Morgan fingerprint density at radius 1 is 1.10 bits per heavy atom. The fourth-order valence-corrected chi connectivity index (χ4v) is 2.84. The first-order chi connectivity index (χ1) is 9.50. The summed E-state index contributed by atoms with van der Waals surface area (Å²) >= 11 is 5.68. The Bertz CT molecular complexity index is 408. The zero-order chi connectivity index (χ0) is 14.6. The molecule has 1 nitrogen and oxygen atoms in total. The highest BCUT2D eigenvalue weighted by Gasteiger charge is 2.30. The van der Waals surface area contributed by atoms with Crippen molar-refractivity contribution in [3.8, 4) is 0 Å². The average molecular weight is 306 g/mol. The van der Waals surface area contributed by atoms with E-state index in [2.05, 4.69) is 4.90 Å². The van der Waals surface area contributed by atoms with Crippen LogP contribution < -0.4 is 0 Å². The summed E-state index contributed by atoms with van der Waals surface area (Å²) in [5, 5.41) is 0. The predicted octanol–water partition coefficient (Wildman–Crippen LogP) is 4.51. The lowest BCUT2D eigenvalue weighted by molar-refractivity contribution is -0.137. The summed E-state index contributed by atoms with van der Waals surface area (Å²) in [4.78, 5) is 2.38. The van der Waals surface area contributed by atoms with Crippen LogP contribution in [-0.4, -0.2) is 30.4 Å². The number of benzene rings is 1. The third-order valence-corrected chi connectivity index (χ3v) is 4.17. The quantitative estimate of drug-likeness (QED) is 0.740. The maximum absolute atomic E-state index is 12.5. The van der Waals surface area contributed by atoms with E-state index in [0.717, 1.165) is 44.5 Å². The molecule has 1 aliphatic heterocycles. The number of halogens is 4. The summed E-state index contributed by atoms with van der Waals surface area (Å²) in [6, 6.07) is 5.63. The summed E-state index contributed by atoms with van der Waals surface area (Å²) in [5.74, 6) is 1.06. The first-order valence-corrected chi connectivity index (χ1v) is 7.49. The molecule has 0 atom stereocenters. The number of rotatable bonds is 4. The van der Waals surface area contributed by atoms with E-state index in [-0.39, 0.29) is 0 Å². The van der Waals surface area contributed by atoms with E-state index in [0.29, 0.717) is 11.8 Å². The average Bonchev–Trinajstić information content (AvgIpc) is 2.45. The van der Waals surface area contributed by atoms with E-state index in [1.165, 1.54) is 12.1 Å². The molecule has 20 heavy (non-hydrogen) atoms. The van der Waals surface area contributed by atoms with Crippen molar-refractivity contribution in [2.24, 2.45) is 0 Å². The van der Waals surface area contributed by atoms with Crippen LogP contribution in [-0.2, 0) is 6.18 Å². The van der Waals surface area contributed by atoms with Crippen molar-refractivity contribution in [3.05, 3.63) is 35.4 Å². The first-order valence-electron chi connectivity index (χ1n) is 6.96. The molecule has 2 rings (SSSR count). The Hall–Kier alpha value is -0.740. The van der Waals surface area contributed by atoms with Gasteiger partial charge in [0.1, 0.15) is 0 Å². The van der Waals surface area contributed by atoms with Gasteiger partial charge in [-0.15, -0.1) is 11.6 Å². The van der Waals surface area contributed by atoms with Crippen molar-refractivity contribution in [2.45, 2.75) is 31.4 Å². The number of alkyl halides is 4. The minimum absolute atomic E-state index is 0.379. The molecule has 0 aliphatic carbocycles. The van der Waals surface area contributed by atoms with Crippen LogP contribution in [0.15, 0.2) is 24.3 Å². The highest BCUT2D eigenvalue weighted by atomic mass is 35.5. The molecule has 0 N–H and O–H groups in total. The van der Waals surface area contributed by atoms with Gasteiger partial charge >= 0.3 is 6.18 Å². The van der Waals surface area contributed by atoms with Gasteiger partial charge in [-0.2, -0.15) is 13.2 Å². The lowest BCUT2D eigenvalue weighted by atomic mass is 9.89. The van der Waals surface area contributed by atoms with Gasteiger partial charge in [-0.05, 0) is 62.5 Å². The molecular weight excluding hydrogens is 287 g/mol. The third-order valence-electron chi connectivity index (χ3n) is 3.90. The van der Waals surface area contributed by atoms with Crippen LogP contribution in [0, 0.1) is 0 Å². The van der Waals surface area contributed by atoms with Crippen LogP contribution in [0.5, 0.6) is 0 Å². The molecule has 0 bridgehead atoms. The number of nitrogens with zero attached hydrogens (tertiary/aromatic N) is 1. The lowest BCUT2D eigenvalue weighted by Gasteiger charge is -2.32. The second kappa shape index (κ2) is 6.81. The third kappa shape index (κ3) is 4.13. The van der Waals surface area contributed by atoms with Crippen LogP contribution in [0.25, 0.3) is 0 Å². The van der Waals surface area contributed by atoms with Crippen LogP contribution in [0.4, 0.5) is 13.2 Å². The van der Waals surface area contributed by atoms with Gasteiger partial charge in [-0.1, -0.05) is 12.1 Å². The molecule has 1 saturated heterocycles. The van der Waals surface area contributed by atoms with Crippen molar-refractivity contribution in [1.82, 2.24) is 4.90 Å². The zero-order valence-corrected chi connectivity index (χ0v) is 12.1. The predicted molar refractivity (Wildman–Crippen MR) is 75.2 cm³/mol. The van der Waals surface area contributed by atoms with E-state index in [1.807, 2.05) is 0 Å². The minimum Gasteiger partial charge on any atom is -0.303 e. The van der Waals surface area contributed by atoms with Crippen LogP contribution in [0.3, 0.4) is 0 Å². The molecule has 112 valence electrons. The van der Waals surface area contributed by atoms with Gasteiger partial charge < -0.3 is 4.90 Å². The normalized spacial score (nSPS) is 18.4. The molecule has 0 aromatic heterocycles. The van der Waals surface area contributed by atoms with Gasteiger partial charge in [0, 0.05) is 5.88 Å². The van der Waals surface area contributed by atoms with Gasteiger partial charge in [0.2, 0.25) is 0 Å². The second-order valence-electron chi connectivity index (χ2n) is 5.28. The molecule has 0 amide bonds. The summed E-state index contributed by atoms with van der Waals surface area (Å²) in [5.41, 5.74) is 0.454. The Morgan fingerprint density at radius 3 is 2.20 bits per heavy atom. The van der Waals surface area contributed by atoms with Gasteiger partial charge in [-0.3, -0.25) is 0 Å². The van der Waals surface area contributed by atoms with Crippen LogP contribution >= 0.6 is 11.6 Å². The summed E-state index contributed by atoms with van der Waals surface area (Å²) in [6.45, 7) is 3.02. The number of hydrogen-bond donors (Lipinski definition) is 0. The number of likely N-dealkylation sites (tertiary alicyclic amines) is 1. The van der Waals surface area contributed by atoms with E-state index < -0.39 is 11.7 Å². The van der Waals surface area contributed by atoms with E-state index in [1.54, 1.807) is 12.1 Å². The lowest BCUT2D eigenvalue weighted by Crippen LogP contribution is -2.33. The fourth-order valence-electron chi connectivity index (χ4n) is 2.72. The number of hydrogen-bond acceptors (Lipinski definition) is 1. The van der Waals surface area contributed by atoms with Gasteiger partial charge in [0.15, 0.2) is 0 Å². The summed E-state index contributed by atoms with van der Waals surface area (Å²) in [6.07, 6.45) is -1.24. The minimum atomic E-state index is -4.25. The Balaban J connectivity index is 1.90. The highest BCUT2D eigenvalue weighted by Crippen LogP contribution is 2.32. The largest absolute Gasteiger partial charge is 0.416 e. The molecule has 1 aliphatic rings. The van der Waals surface area contributed by atoms with Gasteiger partial charge in [0.25, 0.3) is 0 Å². The van der Waals surface area contributed by atoms with Crippen LogP contribution in [0.2, 0.25) is 0 Å². The Morgan fingerprint density at radius 2 is 1.70 bits per heavy atom. The highest BCUT2D eigenvalue weighted by molar-refractivity contribution is 6.17. The molecule has 1 fully saturated rings. The monoisotopic (exact) mass is 305 g/mol. The molecule has 0 radical (unpaired) electrons. The maximum Gasteiger partial charge on any atom is 0.416 e. The number of piperidine rings is 1. The molecule has 1 heterocycles. The molecular formula is C15H19ClF3N. The van der Waals surface area contributed by atoms with Crippen molar-refractivity contribution >= 4 is 11.6 Å². The summed E-state index contributed by atoms with van der Waals surface area (Å²) in [7, 11) is 0. The van der Waals surface area contributed by atoms with Crippen LogP contribution in [0.1, 0.15) is 36.3 Å². The fraction of sp³-hybridized carbons (Fsp3) is 0.600. The van der Waals surface area contributed by atoms with E-state index in [4.69, 9.17) is 11.6 Å². The smallest absolute Gasteiger partial charge is 0.303 e. The molecule has 1 aromatic rings. The Kier molecular flexibility index (Phi) is 5.33. The summed E-state index contributed by atoms with van der Waals surface area (Å²) < 4.78 is 37.5. The Labute approximate surface area is 122 Å². The van der Waals surface area contributed by atoms with Crippen molar-refractivity contribution < 1.29 is 13.2 Å². The first kappa shape index (κ1) is 15.6. The standard InChI is InChI=1S/C15H19ClF3N/c16-8-1-9-20-10-6-13(7-11-20)12-2-4-14(5-3-12)15(17,18)19/h2-5,13H,1,6-11H2. The SMILES string of the molecule is FC(F)(F)c1ccc(C2CCN(CCCCl)CC2)cc1. The van der Waals surface area contributed by atoms with E-state index >= 15 is 0 Å². The molecule has 0 spiro atoms. The maximum atomic E-state index is 12.5. The molecule has 1 aromatic carbocycles. The van der Waals surface area contributed by atoms with Crippen molar-refractivity contribution in [3.63, 3.8) is 0 Å². The molecule has 5 heteroatoms. The van der Waals surface area contributed by atoms with Gasteiger partial charge in [0.05, 0.1) is 5.56 Å². The van der Waals surface area contributed by atoms with Crippen molar-refractivity contribution in [1.29, 1.82) is 0 Å². The molecule has 0 saturated carbocycles.